The fourth-order valence-corrected chi connectivity index (χ4v) is 1.66. The third-order valence-electron chi connectivity index (χ3n) is 2.81. The number of nitrogens with zero attached hydrogens (tertiary/aromatic N) is 2. The Morgan fingerprint density at radius 2 is 2.19 bits per heavy atom. The number of nitrogens with one attached hydrogen (secondary N) is 1. The molecule has 0 amide bonds. The predicted molar refractivity (Wildman–Crippen MR) is 64.2 cm³/mol. The minimum atomic E-state index is 0.611. The first kappa shape index (κ1) is 13.4. The molecule has 0 atom stereocenters. The van der Waals surface area contributed by atoms with E-state index in [0.717, 1.165) is 45.2 Å². The average molecular weight is 225 g/mol. The van der Waals surface area contributed by atoms with Crippen molar-refractivity contribution < 1.29 is 4.74 Å². The van der Waals surface area contributed by atoms with E-state index in [4.69, 9.17) is 10.00 Å². The van der Waals surface area contributed by atoms with Crippen LogP contribution < -0.4 is 5.32 Å². The van der Waals surface area contributed by atoms with Crippen molar-refractivity contribution >= 4 is 0 Å². The quantitative estimate of drug-likeness (QED) is 0.563. The molecule has 0 unspecified atom stereocenters. The molecule has 1 N–H and O–H groups in total. The van der Waals surface area contributed by atoms with Crippen molar-refractivity contribution in [2.24, 2.45) is 0 Å². The van der Waals surface area contributed by atoms with E-state index in [1.54, 1.807) is 7.11 Å². The monoisotopic (exact) mass is 225 g/mol. The van der Waals surface area contributed by atoms with Crippen molar-refractivity contribution in [3.63, 3.8) is 0 Å². The molecule has 1 rings (SSSR count). The van der Waals surface area contributed by atoms with Gasteiger partial charge in [0.05, 0.1) is 12.7 Å². The summed E-state index contributed by atoms with van der Waals surface area (Å²) in [7, 11) is 1.72. The van der Waals surface area contributed by atoms with Crippen molar-refractivity contribution in [3.8, 4) is 6.07 Å². The Morgan fingerprint density at radius 3 is 2.81 bits per heavy atom. The molecule has 0 spiro atoms. The van der Waals surface area contributed by atoms with E-state index in [9.17, 15) is 0 Å². The van der Waals surface area contributed by atoms with Crippen LogP contribution in [0.15, 0.2) is 0 Å². The third-order valence-corrected chi connectivity index (χ3v) is 2.81. The summed E-state index contributed by atoms with van der Waals surface area (Å²) in [5.74, 6) is 0. The largest absolute Gasteiger partial charge is 0.383 e. The summed E-state index contributed by atoms with van der Waals surface area (Å²) in [4.78, 5) is 2.31. The van der Waals surface area contributed by atoms with E-state index in [1.807, 2.05) is 0 Å². The molecule has 0 aromatic heterocycles. The molecule has 1 saturated carbocycles. The molecule has 0 aromatic carbocycles. The van der Waals surface area contributed by atoms with Gasteiger partial charge in [0.2, 0.25) is 0 Å². The predicted octanol–water partition coefficient (Wildman–Crippen LogP) is 0.991. The van der Waals surface area contributed by atoms with Gasteiger partial charge < -0.3 is 10.1 Å². The highest BCUT2D eigenvalue weighted by atomic mass is 16.5. The van der Waals surface area contributed by atoms with Gasteiger partial charge >= 0.3 is 0 Å². The molecule has 0 aliphatic heterocycles. The van der Waals surface area contributed by atoms with Crippen LogP contribution in [0.4, 0.5) is 0 Å². The zero-order valence-electron chi connectivity index (χ0n) is 10.2. The standard InChI is InChI=1S/C12H23N3O/c1-16-11-10-15(8-2-6-13)9-3-7-14-12-4-5-12/h12,14H,2-5,7-11H2,1H3. The molecule has 0 heterocycles. The van der Waals surface area contributed by atoms with E-state index in [-0.39, 0.29) is 0 Å². The van der Waals surface area contributed by atoms with Crippen LogP contribution >= 0.6 is 0 Å². The normalized spacial score (nSPS) is 15.3. The summed E-state index contributed by atoms with van der Waals surface area (Å²) in [6.07, 6.45) is 4.47. The van der Waals surface area contributed by atoms with Gasteiger partial charge in [-0.1, -0.05) is 0 Å². The van der Waals surface area contributed by atoms with Crippen LogP contribution in [0.25, 0.3) is 0 Å². The number of nitriles is 1. The van der Waals surface area contributed by atoms with Crippen LogP contribution in [0, 0.1) is 11.3 Å². The second-order valence-corrected chi connectivity index (χ2v) is 4.32. The number of ether oxygens (including phenoxy) is 1. The second kappa shape index (κ2) is 8.51. The Balaban J connectivity index is 2.01. The Morgan fingerprint density at radius 1 is 1.38 bits per heavy atom. The fourth-order valence-electron chi connectivity index (χ4n) is 1.66. The van der Waals surface area contributed by atoms with E-state index in [1.165, 1.54) is 12.8 Å². The lowest BCUT2D eigenvalue weighted by molar-refractivity contribution is 0.148. The molecule has 92 valence electrons. The van der Waals surface area contributed by atoms with Gasteiger partial charge in [0.25, 0.3) is 0 Å². The summed E-state index contributed by atoms with van der Waals surface area (Å²) in [6, 6.07) is 2.99. The Bertz CT molecular complexity index is 211. The second-order valence-electron chi connectivity index (χ2n) is 4.32. The number of hydrogen-bond donors (Lipinski definition) is 1. The van der Waals surface area contributed by atoms with Crippen LogP contribution in [0.1, 0.15) is 25.7 Å². The summed E-state index contributed by atoms with van der Waals surface area (Å²) in [5, 5.41) is 12.1. The van der Waals surface area contributed by atoms with Crippen LogP contribution in [-0.2, 0) is 4.74 Å². The van der Waals surface area contributed by atoms with Gasteiger partial charge in [0, 0.05) is 32.7 Å². The fraction of sp³-hybridized carbons (Fsp3) is 0.917. The molecule has 4 heteroatoms. The van der Waals surface area contributed by atoms with Crippen LogP contribution in [-0.4, -0.2) is 50.8 Å². The van der Waals surface area contributed by atoms with E-state index < -0.39 is 0 Å². The summed E-state index contributed by atoms with van der Waals surface area (Å²) >= 11 is 0. The molecule has 0 bridgehead atoms. The zero-order valence-corrected chi connectivity index (χ0v) is 10.2. The zero-order chi connectivity index (χ0) is 11.6. The van der Waals surface area contributed by atoms with Crippen LogP contribution in [0.3, 0.4) is 0 Å². The molecule has 16 heavy (non-hydrogen) atoms. The first-order valence-corrected chi connectivity index (χ1v) is 6.18. The van der Waals surface area contributed by atoms with Crippen molar-refractivity contribution in [1.82, 2.24) is 10.2 Å². The first-order valence-electron chi connectivity index (χ1n) is 6.18. The molecule has 1 fully saturated rings. The number of rotatable bonds is 10. The molecular formula is C12H23N3O. The van der Waals surface area contributed by atoms with Gasteiger partial charge in [-0.2, -0.15) is 5.26 Å². The lowest BCUT2D eigenvalue weighted by atomic mass is 10.3. The van der Waals surface area contributed by atoms with Crippen molar-refractivity contribution in [2.45, 2.75) is 31.7 Å². The maximum Gasteiger partial charge on any atom is 0.0635 e. The van der Waals surface area contributed by atoms with Gasteiger partial charge in [-0.3, -0.25) is 4.90 Å². The van der Waals surface area contributed by atoms with Gasteiger partial charge in [-0.15, -0.1) is 0 Å². The van der Waals surface area contributed by atoms with Crippen molar-refractivity contribution in [2.75, 3.05) is 39.9 Å². The Labute approximate surface area is 98.6 Å². The average Bonchev–Trinajstić information content (AvgIpc) is 3.11. The number of hydrogen-bond acceptors (Lipinski definition) is 4. The SMILES string of the molecule is COCCN(CCC#N)CCCNC1CC1. The topological polar surface area (TPSA) is 48.3 Å². The molecule has 0 aromatic rings. The molecule has 1 aliphatic rings. The van der Waals surface area contributed by atoms with E-state index in [2.05, 4.69) is 16.3 Å². The van der Waals surface area contributed by atoms with Crippen molar-refractivity contribution in [3.05, 3.63) is 0 Å². The molecular weight excluding hydrogens is 202 g/mol. The molecule has 0 radical (unpaired) electrons. The van der Waals surface area contributed by atoms with Crippen LogP contribution in [0.5, 0.6) is 0 Å². The highest BCUT2D eigenvalue weighted by Crippen LogP contribution is 2.18. The lowest BCUT2D eigenvalue weighted by Gasteiger charge is -2.20. The van der Waals surface area contributed by atoms with Gasteiger partial charge in [-0.25, -0.2) is 0 Å². The first-order chi connectivity index (χ1) is 7.86. The minimum absolute atomic E-state index is 0.611. The lowest BCUT2D eigenvalue weighted by Crippen LogP contribution is -2.31. The van der Waals surface area contributed by atoms with Crippen molar-refractivity contribution in [1.29, 1.82) is 5.26 Å². The molecule has 4 nitrogen and oxygen atoms in total. The maximum absolute atomic E-state index is 8.57. The Kier molecular flexibility index (Phi) is 7.15. The summed E-state index contributed by atoms with van der Waals surface area (Å²) < 4.78 is 5.07. The smallest absolute Gasteiger partial charge is 0.0635 e. The van der Waals surface area contributed by atoms with E-state index >= 15 is 0 Å². The molecule has 1 aliphatic carbocycles. The van der Waals surface area contributed by atoms with E-state index in [0.29, 0.717) is 6.42 Å². The summed E-state index contributed by atoms with van der Waals surface area (Å²) in [6.45, 7) is 4.71. The minimum Gasteiger partial charge on any atom is -0.383 e. The number of methoxy groups -OCH3 is 1. The van der Waals surface area contributed by atoms with Gasteiger partial charge in [0.1, 0.15) is 0 Å². The van der Waals surface area contributed by atoms with Crippen LogP contribution in [0.2, 0.25) is 0 Å². The summed E-state index contributed by atoms with van der Waals surface area (Å²) in [5.41, 5.74) is 0. The highest BCUT2D eigenvalue weighted by molar-refractivity contribution is 4.80. The highest BCUT2D eigenvalue weighted by Gasteiger charge is 2.19. The Hall–Kier alpha value is -0.630. The van der Waals surface area contributed by atoms with Gasteiger partial charge in [0.15, 0.2) is 0 Å². The van der Waals surface area contributed by atoms with Gasteiger partial charge in [-0.05, 0) is 32.4 Å². The third kappa shape index (κ3) is 6.78. The maximum atomic E-state index is 8.57. The molecule has 0 saturated heterocycles.